The highest BCUT2D eigenvalue weighted by Gasteiger charge is 2.24. The highest BCUT2D eigenvalue weighted by molar-refractivity contribution is 5.81. The van der Waals surface area contributed by atoms with Gasteiger partial charge >= 0.3 is 0 Å². The van der Waals surface area contributed by atoms with E-state index in [1.54, 1.807) is 12.0 Å². The first-order valence-corrected chi connectivity index (χ1v) is 6.39. The van der Waals surface area contributed by atoms with Gasteiger partial charge in [-0.3, -0.25) is 4.79 Å². The molecule has 1 heterocycles. The zero-order valence-electron chi connectivity index (χ0n) is 11.4. The third kappa shape index (κ3) is 3.68. The molecule has 0 saturated carbocycles. The van der Waals surface area contributed by atoms with Crippen molar-refractivity contribution in [2.75, 3.05) is 33.9 Å². The second-order valence-corrected chi connectivity index (χ2v) is 4.62. The lowest BCUT2D eigenvalue weighted by molar-refractivity contribution is -0.135. The number of morpholine rings is 1. The van der Waals surface area contributed by atoms with E-state index >= 15 is 0 Å². The van der Waals surface area contributed by atoms with Crippen molar-refractivity contribution in [1.82, 2.24) is 10.2 Å². The first-order valence-electron chi connectivity index (χ1n) is 6.39. The summed E-state index contributed by atoms with van der Waals surface area (Å²) in [6.45, 7) is 2.44. The number of amides is 1. The fourth-order valence-corrected chi connectivity index (χ4v) is 2.07. The van der Waals surface area contributed by atoms with Crippen LogP contribution < -0.4 is 10.1 Å². The predicted molar refractivity (Wildman–Crippen MR) is 72.1 cm³/mol. The van der Waals surface area contributed by atoms with Crippen LogP contribution >= 0.6 is 0 Å². The standard InChI is InChI=1S/C14H20N2O3/c1-16(14(17)13-10-19-8-7-15-13)9-11-3-5-12(18-2)6-4-11/h3-6,13,15H,7-10H2,1-2H3. The zero-order valence-corrected chi connectivity index (χ0v) is 11.4. The van der Waals surface area contributed by atoms with Gasteiger partial charge in [0, 0.05) is 20.1 Å². The van der Waals surface area contributed by atoms with E-state index in [9.17, 15) is 4.79 Å². The fraction of sp³-hybridized carbons (Fsp3) is 0.500. The minimum atomic E-state index is -0.225. The molecule has 1 unspecified atom stereocenters. The Labute approximate surface area is 113 Å². The van der Waals surface area contributed by atoms with Crippen LogP contribution in [0.1, 0.15) is 5.56 Å². The quantitative estimate of drug-likeness (QED) is 0.867. The smallest absolute Gasteiger partial charge is 0.242 e. The van der Waals surface area contributed by atoms with E-state index in [1.165, 1.54) is 0 Å². The normalized spacial score (nSPS) is 18.9. The predicted octanol–water partition coefficient (Wildman–Crippen LogP) is 0.642. The Morgan fingerprint density at radius 1 is 1.47 bits per heavy atom. The van der Waals surface area contributed by atoms with E-state index in [0.29, 0.717) is 19.8 Å². The van der Waals surface area contributed by atoms with Crippen molar-refractivity contribution in [3.05, 3.63) is 29.8 Å². The molecule has 0 aromatic heterocycles. The number of hydrogen-bond acceptors (Lipinski definition) is 4. The summed E-state index contributed by atoms with van der Waals surface area (Å²) in [6, 6.07) is 7.50. The number of nitrogens with one attached hydrogen (secondary N) is 1. The van der Waals surface area contributed by atoms with E-state index in [2.05, 4.69) is 5.32 Å². The molecule has 1 amide bonds. The number of hydrogen-bond donors (Lipinski definition) is 1. The molecule has 5 nitrogen and oxygen atoms in total. The molecular weight excluding hydrogens is 244 g/mol. The van der Waals surface area contributed by atoms with E-state index in [4.69, 9.17) is 9.47 Å². The monoisotopic (exact) mass is 264 g/mol. The molecule has 1 aliphatic rings. The Morgan fingerprint density at radius 2 is 2.21 bits per heavy atom. The van der Waals surface area contributed by atoms with Gasteiger partial charge in [-0.1, -0.05) is 12.1 Å². The van der Waals surface area contributed by atoms with Gasteiger partial charge in [0.15, 0.2) is 0 Å². The molecule has 1 fully saturated rings. The SMILES string of the molecule is COc1ccc(CN(C)C(=O)C2COCCN2)cc1. The number of carbonyl (C=O) groups excluding carboxylic acids is 1. The van der Waals surface area contributed by atoms with Crippen LogP contribution in [0.4, 0.5) is 0 Å². The summed E-state index contributed by atoms with van der Waals surface area (Å²) < 4.78 is 10.4. The number of methoxy groups -OCH3 is 1. The Kier molecular flexibility index (Phi) is 4.76. The maximum atomic E-state index is 12.2. The molecule has 1 aliphatic heterocycles. The summed E-state index contributed by atoms with van der Waals surface area (Å²) >= 11 is 0. The maximum Gasteiger partial charge on any atom is 0.242 e. The van der Waals surface area contributed by atoms with Crippen LogP contribution in [0, 0.1) is 0 Å². The highest BCUT2D eigenvalue weighted by Crippen LogP contribution is 2.13. The van der Waals surface area contributed by atoms with Crippen molar-refractivity contribution in [2.45, 2.75) is 12.6 Å². The number of carbonyl (C=O) groups is 1. The van der Waals surface area contributed by atoms with Gasteiger partial charge in [-0.05, 0) is 17.7 Å². The second-order valence-electron chi connectivity index (χ2n) is 4.62. The molecule has 1 atom stereocenters. The molecular formula is C14H20N2O3. The largest absolute Gasteiger partial charge is 0.497 e. The van der Waals surface area contributed by atoms with Crippen molar-refractivity contribution in [3.63, 3.8) is 0 Å². The molecule has 0 aliphatic carbocycles. The number of benzene rings is 1. The third-order valence-corrected chi connectivity index (χ3v) is 3.17. The first-order chi connectivity index (χ1) is 9.20. The average molecular weight is 264 g/mol. The molecule has 1 N–H and O–H groups in total. The maximum absolute atomic E-state index is 12.2. The van der Waals surface area contributed by atoms with Gasteiger partial charge in [-0.25, -0.2) is 0 Å². The molecule has 5 heteroatoms. The summed E-state index contributed by atoms with van der Waals surface area (Å²) in [5.41, 5.74) is 1.08. The summed E-state index contributed by atoms with van der Waals surface area (Å²) in [5.74, 6) is 0.885. The van der Waals surface area contributed by atoms with Crippen LogP contribution in [-0.2, 0) is 16.1 Å². The van der Waals surface area contributed by atoms with Crippen LogP contribution in [0.3, 0.4) is 0 Å². The van der Waals surface area contributed by atoms with E-state index in [-0.39, 0.29) is 11.9 Å². The van der Waals surface area contributed by atoms with Crippen LogP contribution in [-0.4, -0.2) is 50.8 Å². The number of ether oxygens (including phenoxy) is 2. The van der Waals surface area contributed by atoms with Gasteiger partial charge in [-0.2, -0.15) is 0 Å². The molecule has 2 rings (SSSR count). The van der Waals surface area contributed by atoms with Gasteiger partial charge in [0.25, 0.3) is 0 Å². The van der Waals surface area contributed by atoms with Crippen LogP contribution in [0.5, 0.6) is 5.75 Å². The van der Waals surface area contributed by atoms with Gasteiger partial charge in [-0.15, -0.1) is 0 Å². The van der Waals surface area contributed by atoms with E-state index < -0.39 is 0 Å². The van der Waals surface area contributed by atoms with Gasteiger partial charge in [0.05, 0.1) is 20.3 Å². The van der Waals surface area contributed by atoms with Crippen molar-refractivity contribution < 1.29 is 14.3 Å². The lowest BCUT2D eigenvalue weighted by atomic mass is 10.2. The van der Waals surface area contributed by atoms with Crippen LogP contribution in [0.25, 0.3) is 0 Å². The Bertz CT molecular complexity index is 413. The van der Waals surface area contributed by atoms with Crippen molar-refractivity contribution in [2.24, 2.45) is 0 Å². The van der Waals surface area contributed by atoms with Gasteiger partial charge < -0.3 is 19.7 Å². The van der Waals surface area contributed by atoms with Crippen molar-refractivity contribution in [1.29, 1.82) is 0 Å². The molecule has 1 aromatic rings. The molecule has 1 aromatic carbocycles. The van der Waals surface area contributed by atoms with Crippen LogP contribution in [0.15, 0.2) is 24.3 Å². The number of likely N-dealkylation sites (N-methyl/N-ethyl adjacent to an activating group) is 1. The zero-order chi connectivity index (χ0) is 13.7. The topological polar surface area (TPSA) is 50.8 Å². The van der Waals surface area contributed by atoms with Gasteiger partial charge in [0.2, 0.25) is 5.91 Å². The minimum absolute atomic E-state index is 0.0653. The average Bonchev–Trinajstić information content (AvgIpc) is 2.48. The highest BCUT2D eigenvalue weighted by atomic mass is 16.5. The van der Waals surface area contributed by atoms with E-state index in [0.717, 1.165) is 17.9 Å². The molecule has 0 spiro atoms. The number of rotatable bonds is 4. The number of nitrogens with zero attached hydrogens (tertiary/aromatic N) is 1. The minimum Gasteiger partial charge on any atom is -0.497 e. The van der Waals surface area contributed by atoms with Crippen LogP contribution in [0.2, 0.25) is 0 Å². The van der Waals surface area contributed by atoms with E-state index in [1.807, 2.05) is 31.3 Å². The Balaban J connectivity index is 1.91. The lowest BCUT2D eigenvalue weighted by Crippen LogP contribution is -2.51. The lowest BCUT2D eigenvalue weighted by Gasteiger charge is -2.27. The summed E-state index contributed by atoms with van der Waals surface area (Å²) in [4.78, 5) is 13.9. The Hall–Kier alpha value is -1.59. The Morgan fingerprint density at radius 3 is 2.79 bits per heavy atom. The third-order valence-electron chi connectivity index (χ3n) is 3.17. The summed E-state index contributed by atoms with van der Waals surface area (Å²) in [5, 5.41) is 3.17. The molecule has 0 radical (unpaired) electrons. The fourth-order valence-electron chi connectivity index (χ4n) is 2.07. The van der Waals surface area contributed by atoms with Crippen molar-refractivity contribution in [3.8, 4) is 5.75 Å². The van der Waals surface area contributed by atoms with Gasteiger partial charge in [0.1, 0.15) is 11.8 Å². The molecule has 0 bridgehead atoms. The second kappa shape index (κ2) is 6.54. The first kappa shape index (κ1) is 13.8. The molecule has 1 saturated heterocycles. The summed E-state index contributed by atoms with van der Waals surface area (Å²) in [7, 11) is 3.45. The van der Waals surface area contributed by atoms with Crippen molar-refractivity contribution >= 4 is 5.91 Å². The summed E-state index contributed by atoms with van der Waals surface area (Å²) in [6.07, 6.45) is 0. The molecule has 19 heavy (non-hydrogen) atoms. The molecule has 104 valence electrons.